The van der Waals surface area contributed by atoms with Crippen molar-refractivity contribution in [3.05, 3.63) is 0 Å². The van der Waals surface area contributed by atoms with Crippen molar-refractivity contribution in [3.8, 4) is 0 Å². The highest BCUT2D eigenvalue weighted by Crippen LogP contribution is 2.08. The molecule has 2 atom stereocenters. The summed E-state index contributed by atoms with van der Waals surface area (Å²) in [6, 6.07) is -1.08. The summed E-state index contributed by atoms with van der Waals surface area (Å²) in [4.78, 5) is 24.8. The highest BCUT2D eigenvalue weighted by Gasteiger charge is 2.28. The molecule has 2 N–H and O–H groups in total. The number of hydrogen-bond acceptors (Lipinski definition) is 3. The molecule has 1 amide bonds. The number of carbonyl (C=O) groups is 2. The number of likely N-dealkylation sites (N-methyl/N-ethyl adjacent to an activating group) is 1. The van der Waals surface area contributed by atoms with Gasteiger partial charge in [-0.05, 0) is 26.4 Å². The summed E-state index contributed by atoms with van der Waals surface area (Å²) < 4.78 is 0. The van der Waals surface area contributed by atoms with E-state index in [2.05, 4.69) is 5.32 Å². The standard InChI is InChI=1S/C12H24N2O3/c1-6-7-9(12(16)17)13-11(15)10(8(2)3)14(4)5/h8-10H,6-7H2,1-5H3,(H,13,15)(H,16,17)/t9?,10-/m1/s1. The second-order valence-corrected chi connectivity index (χ2v) is 4.84. The molecule has 0 aromatic heterocycles. The quantitative estimate of drug-likeness (QED) is 0.699. The lowest BCUT2D eigenvalue weighted by Crippen LogP contribution is -2.51. The average Bonchev–Trinajstić information content (AvgIpc) is 2.15. The fraction of sp³-hybridized carbons (Fsp3) is 0.833. The normalized spacial score (nSPS) is 14.8. The first-order valence-corrected chi connectivity index (χ1v) is 6.00. The third-order valence-corrected chi connectivity index (χ3v) is 2.65. The van der Waals surface area contributed by atoms with E-state index >= 15 is 0 Å². The molecule has 5 heteroatoms. The van der Waals surface area contributed by atoms with E-state index in [1.54, 1.807) is 0 Å². The number of aliphatic carboxylic acids is 1. The van der Waals surface area contributed by atoms with Gasteiger partial charge in [-0.25, -0.2) is 4.79 Å². The van der Waals surface area contributed by atoms with Gasteiger partial charge in [0.1, 0.15) is 6.04 Å². The summed E-state index contributed by atoms with van der Waals surface area (Å²) in [7, 11) is 3.64. The van der Waals surface area contributed by atoms with E-state index < -0.39 is 12.0 Å². The Labute approximate surface area is 103 Å². The molecule has 100 valence electrons. The minimum absolute atomic E-state index is 0.140. The van der Waals surface area contributed by atoms with Gasteiger partial charge in [0.05, 0.1) is 6.04 Å². The monoisotopic (exact) mass is 244 g/mol. The van der Waals surface area contributed by atoms with Crippen LogP contribution in [0, 0.1) is 5.92 Å². The molecule has 0 radical (unpaired) electrons. The zero-order chi connectivity index (χ0) is 13.6. The van der Waals surface area contributed by atoms with Gasteiger partial charge in [0, 0.05) is 0 Å². The fourth-order valence-corrected chi connectivity index (χ4v) is 1.94. The van der Waals surface area contributed by atoms with Gasteiger partial charge in [-0.1, -0.05) is 27.2 Å². The van der Waals surface area contributed by atoms with Crippen LogP contribution in [0.1, 0.15) is 33.6 Å². The van der Waals surface area contributed by atoms with E-state index in [1.165, 1.54) is 0 Å². The van der Waals surface area contributed by atoms with Crippen molar-refractivity contribution in [2.45, 2.75) is 45.7 Å². The van der Waals surface area contributed by atoms with Crippen molar-refractivity contribution >= 4 is 11.9 Å². The fourth-order valence-electron chi connectivity index (χ4n) is 1.94. The topological polar surface area (TPSA) is 69.6 Å². The molecular formula is C12H24N2O3. The number of nitrogens with zero attached hydrogens (tertiary/aromatic N) is 1. The van der Waals surface area contributed by atoms with Gasteiger partial charge in [0.25, 0.3) is 0 Å². The molecule has 0 saturated carbocycles. The van der Waals surface area contributed by atoms with E-state index in [-0.39, 0.29) is 17.9 Å². The van der Waals surface area contributed by atoms with Gasteiger partial charge in [-0.15, -0.1) is 0 Å². The van der Waals surface area contributed by atoms with Gasteiger partial charge in [-0.2, -0.15) is 0 Å². The molecule has 0 aliphatic carbocycles. The first-order valence-electron chi connectivity index (χ1n) is 6.00. The van der Waals surface area contributed by atoms with E-state index in [9.17, 15) is 9.59 Å². The zero-order valence-corrected chi connectivity index (χ0v) is 11.4. The second-order valence-electron chi connectivity index (χ2n) is 4.84. The number of carboxylic acid groups (broad SMARTS) is 1. The maximum absolute atomic E-state index is 12.0. The second kappa shape index (κ2) is 7.27. The van der Waals surface area contributed by atoms with Crippen LogP contribution in [0.2, 0.25) is 0 Å². The summed E-state index contributed by atoms with van der Waals surface area (Å²) in [6.07, 6.45) is 1.19. The molecule has 0 bridgehead atoms. The molecule has 0 aliphatic rings. The first kappa shape index (κ1) is 15.9. The van der Waals surface area contributed by atoms with Gasteiger partial charge >= 0.3 is 5.97 Å². The predicted molar refractivity (Wildman–Crippen MR) is 66.8 cm³/mol. The Morgan fingerprint density at radius 1 is 1.29 bits per heavy atom. The smallest absolute Gasteiger partial charge is 0.326 e. The number of amides is 1. The van der Waals surface area contributed by atoms with Crippen LogP contribution in [0.3, 0.4) is 0 Å². The third kappa shape index (κ3) is 5.17. The minimum Gasteiger partial charge on any atom is -0.480 e. The van der Waals surface area contributed by atoms with Crippen LogP contribution in [0.15, 0.2) is 0 Å². The highest BCUT2D eigenvalue weighted by atomic mass is 16.4. The van der Waals surface area contributed by atoms with Crippen LogP contribution in [0.5, 0.6) is 0 Å². The molecule has 0 spiro atoms. The number of carbonyl (C=O) groups excluding carboxylic acids is 1. The van der Waals surface area contributed by atoms with Crippen molar-refractivity contribution in [1.29, 1.82) is 0 Å². The van der Waals surface area contributed by atoms with Crippen molar-refractivity contribution in [3.63, 3.8) is 0 Å². The molecule has 17 heavy (non-hydrogen) atoms. The number of carboxylic acids is 1. The molecule has 0 aliphatic heterocycles. The molecule has 0 aromatic rings. The Hall–Kier alpha value is -1.10. The Bertz CT molecular complexity index is 256. The molecule has 0 aromatic carbocycles. The Morgan fingerprint density at radius 3 is 2.12 bits per heavy atom. The van der Waals surface area contributed by atoms with E-state index in [1.807, 2.05) is 39.8 Å². The Kier molecular flexibility index (Phi) is 6.80. The maximum atomic E-state index is 12.0. The SMILES string of the molecule is CCCC(NC(=O)[C@@H](C(C)C)N(C)C)C(=O)O. The van der Waals surface area contributed by atoms with Crippen LogP contribution in [0.25, 0.3) is 0 Å². The molecule has 1 unspecified atom stereocenters. The molecular weight excluding hydrogens is 220 g/mol. The number of nitrogens with one attached hydrogen (secondary N) is 1. The van der Waals surface area contributed by atoms with Crippen molar-refractivity contribution < 1.29 is 14.7 Å². The Balaban J connectivity index is 4.62. The summed E-state index contributed by atoms with van der Waals surface area (Å²) >= 11 is 0. The minimum atomic E-state index is -0.971. The van der Waals surface area contributed by atoms with E-state index in [4.69, 9.17) is 5.11 Å². The summed E-state index contributed by atoms with van der Waals surface area (Å²) in [5, 5.41) is 11.6. The van der Waals surface area contributed by atoms with Crippen molar-refractivity contribution in [1.82, 2.24) is 10.2 Å². The molecule has 0 saturated heterocycles. The van der Waals surface area contributed by atoms with Crippen LogP contribution in [-0.2, 0) is 9.59 Å². The molecule has 5 nitrogen and oxygen atoms in total. The van der Waals surface area contributed by atoms with Gasteiger partial charge < -0.3 is 10.4 Å². The van der Waals surface area contributed by atoms with Gasteiger partial charge in [0.2, 0.25) is 5.91 Å². The van der Waals surface area contributed by atoms with E-state index in [0.29, 0.717) is 6.42 Å². The number of hydrogen-bond donors (Lipinski definition) is 2. The first-order chi connectivity index (χ1) is 7.81. The van der Waals surface area contributed by atoms with Crippen LogP contribution in [0.4, 0.5) is 0 Å². The molecule has 0 fully saturated rings. The van der Waals surface area contributed by atoms with Gasteiger partial charge in [0.15, 0.2) is 0 Å². The summed E-state index contributed by atoms with van der Waals surface area (Å²) in [5.74, 6) is -1.05. The maximum Gasteiger partial charge on any atom is 0.326 e. The molecule has 0 rings (SSSR count). The van der Waals surface area contributed by atoms with E-state index in [0.717, 1.165) is 6.42 Å². The van der Waals surface area contributed by atoms with Crippen LogP contribution < -0.4 is 5.32 Å². The van der Waals surface area contributed by atoms with Gasteiger partial charge in [-0.3, -0.25) is 9.69 Å². The Morgan fingerprint density at radius 2 is 1.82 bits per heavy atom. The average molecular weight is 244 g/mol. The lowest BCUT2D eigenvalue weighted by Gasteiger charge is -2.28. The van der Waals surface area contributed by atoms with Crippen LogP contribution in [-0.4, -0.2) is 48.1 Å². The predicted octanol–water partition coefficient (Wildman–Crippen LogP) is 0.942. The lowest BCUT2D eigenvalue weighted by molar-refractivity contribution is -0.143. The largest absolute Gasteiger partial charge is 0.480 e. The zero-order valence-electron chi connectivity index (χ0n) is 11.4. The highest BCUT2D eigenvalue weighted by molar-refractivity contribution is 5.87. The van der Waals surface area contributed by atoms with Crippen molar-refractivity contribution in [2.75, 3.05) is 14.1 Å². The lowest BCUT2D eigenvalue weighted by atomic mass is 10.0. The number of rotatable bonds is 7. The summed E-state index contributed by atoms with van der Waals surface area (Å²) in [5.41, 5.74) is 0. The van der Waals surface area contributed by atoms with Crippen LogP contribution >= 0.6 is 0 Å². The summed E-state index contributed by atoms with van der Waals surface area (Å²) in [6.45, 7) is 5.79. The molecule has 0 heterocycles. The third-order valence-electron chi connectivity index (χ3n) is 2.65. The van der Waals surface area contributed by atoms with Crippen molar-refractivity contribution in [2.24, 2.45) is 5.92 Å².